The Balaban J connectivity index is 1.55. The molecule has 0 aromatic carbocycles. The Kier molecular flexibility index (Phi) is 5.96. The van der Waals surface area contributed by atoms with Crippen LogP contribution in [0.5, 0.6) is 0 Å². The van der Waals surface area contributed by atoms with Crippen molar-refractivity contribution in [3.8, 4) is 0 Å². The van der Waals surface area contributed by atoms with Crippen molar-refractivity contribution < 1.29 is 14.3 Å². The number of morpholine rings is 1. The predicted octanol–water partition coefficient (Wildman–Crippen LogP) is 1.07. The van der Waals surface area contributed by atoms with Crippen LogP contribution in [-0.4, -0.2) is 70.8 Å². The third-order valence-corrected chi connectivity index (χ3v) is 5.69. The maximum absolute atomic E-state index is 12.7. The summed E-state index contributed by atoms with van der Waals surface area (Å²) >= 11 is 0. The minimum Gasteiger partial charge on any atom is -0.378 e. The van der Waals surface area contributed by atoms with Crippen molar-refractivity contribution in [2.75, 3.05) is 39.4 Å². The van der Waals surface area contributed by atoms with Crippen LogP contribution in [0.25, 0.3) is 0 Å². The molecule has 2 fully saturated rings. The Morgan fingerprint density at radius 2 is 1.88 bits per heavy atom. The molecule has 7 heteroatoms. The van der Waals surface area contributed by atoms with Crippen LogP contribution in [0.1, 0.15) is 36.2 Å². The number of amides is 2. The van der Waals surface area contributed by atoms with Gasteiger partial charge in [0.15, 0.2) is 0 Å². The highest BCUT2D eigenvalue weighted by atomic mass is 16.5. The zero-order chi connectivity index (χ0) is 18.7. The lowest BCUT2D eigenvalue weighted by molar-refractivity contribution is -0.144. The van der Waals surface area contributed by atoms with Gasteiger partial charge in [0.25, 0.3) is 0 Å². The number of aryl methyl sites for hydroxylation is 2. The molecule has 7 nitrogen and oxygen atoms in total. The summed E-state index contributed by atoms with van der Waals surface area (Å²) in [5.74, 6) is 0.268. The van der Waals surface area contributed by atoms with Crippen LogP contribution in [-0.2, 0) is 27.8 Å². The van der Waals surface area contributed by atoms with Crippen molar-refractivity contribution in [2.45, 2.75) is 39.5 Å². The molecule has 0 aliphatic carbocycles. The molecule has 0 unspecified atom stereocenters. The van der Waals surface area contributed by atoms with Crippen LogP contribution in [0, 0.1) is 19.8 Å². The van der Waals surface area contributed by atoms with Gasteiger partial charge in [-0.15, -0.1) is 0 Å². The highest BCUT2D eigenvalue weighted by molar-refractivity contribution is 5.81. The van der Waals surface area contributed by atoms with Gasteiger partial charge in [-0.05, 0) is 38.7 Å². The highest BCUT2D eigenvalue weighted by Gasteiger charge is 2.31. The van der Waals surface area contributed by atoms with E-state index in [0.29, 0.717) is 45.7 Å². The SMILES string of the molecule is Cc1nn(C)c(C)c1CCC(=O)N1CCC[C@H](C(=O)N2CCOCC2)C1. The van der Waals surface area contributed by atoms with Gasteiger partial charge in [-0.1, -0.05) is 0 Å². The average Bonchev–Trinajstić information content (AvgIpc) is 2.91. The summed E-state index contributed by atoms with van der Waals surface area (Å²) < 4.78 is 7.19. The van der Waals surface area contributed by atoms with E-state index in [1.165, 1.54) is 5.56 Å². The first kappa shape index (κ1) is 18.9. The normalized spacial score (nSPS) is 21.1. The first-order chi connectivity index (χ1) is 12.5. The predicted molar refractivity (Wildman–Crippen MR) is 97.7 cm³/mol. The van der Waals surface area contributed by atoms with Crippen LogP contribution in [0.15, 0.2) is 0 Å². The fourth-order valence-corrected chi connectivity index (χ4v) is 4.02. The van der Waals surface area contributed by atoms with Gasteiger partial charge in [-0.25, -0.2) is 0 Å². The van der Waals surface area contributed by atoms with Crippen molar-refractivity contribution in [1.29, 1.82) is 0 Å². The first-order valence-electron chi connectivity index (χ1n) is 9.60. The molecule has 2 aliphatic rings. The van der Waals surface area contributed by atoms with Crippen LogP contribution in [0.2, 0.25) is 0 Å². The summed E-state index contributed by atoms with van der Waals surface area (Å²) in [7, 11) is 1.93. The molecule has 144 valence electrons. The summed E-state index contributed by atoms with van der Waals surface area (Å²) in [6, 6.07) is 0. The lowest BCUT2D eigenvalue weighted by atomic mass is 9.95. The molecule has 26 heavy (non-hydrogen) atoms. The molecular weight excluding hydrogens is 332 g/mol. The molecule has 2 aliphatic heterocycles. The smallest absolute Gasteiger partial charge is 0.227 e. The summed E-state index contributed by atoms with van der Waals surface area (Å²) in [6.07, 6.45) is 2.97. The van der Waals surface area contributed by atoms with Gasteiger partial charge in [0.1, 0.15) is 0 Å². The van der Waals surface area contributed by atoms with E-state index < -0.39 is 0 Å². The molecule has 0 spiro atoms. The number of carbonyl (C=O) groups is 2. The van der Waals surface area contributed by atoms with Gasteiger partial charge in [-0.2, -0.15) is 5.10 Å². The fourth-order valence-electron chi connectivity index (χ4n) is 4.02. The second kappa shape index (κ2) is 8.20. The summed E-state index contributed by atoms with van der Waals surface area (Å²) in [5, 5.41) is 4.42. The van der Waals surface area contributed by atoms with Crippen molar-refractivity contribution in [3.05, 3.63) is 17.0 Å². The van der Waals surface area contributed by atoms with Crippen LogP contribution >= 0.6 is 0 Å². The van der Waals surface area contributed by atoms with Gasteiger partial charge in [0, 0.05) is 45.3 Å². The number of nitrogens with zero attached hydrogens (tertiary/aromatic N) is 4. The zero-order valence-electron chi connectivity index (χ0n) is 16.2. The monoisotopic (exact) mass is 362 g/mol. The lowest BCUT2D eigenvalue weighted by Crippen LogP contribution is -2.49. The van der Waals surface area contributed by atoms with Gasteiger partial charge in [-0.3, -0.25) is 14.3 Å². The number of carbonyl (C=O) groups excluding carboxylic acids is 2. The van der Waals surface area contributed by atoms with E-state index in [1.54, 1.807) is 0 Å². The number of likely N-dealkylation sites (tertiary alicyclic amines) is 1. The van der Waals surface area contributed by atoms with E-state index in [0.717, 1.165) is 30.8 Å². The van der Waals surface area contributed by atoms with Crippen molar-refractivity contribution in [2.24, 2.45) is 13.0 Å². The molecule has 2 amide bonds. The largest absolute Gasteiger partial charge is 0.378 e. The van der Waals surface area contributed by atoms with E-state index >= 15 is 0 Å². The van der Waals surface area contributed by atoms with E-state index in [2.05, 4.69) is 5.10 Å². The third-order valence-electron chi connectivity index (χ3n) is 5.69. The standard InChI is InChI=1S/C19H30N4O3/c1-14-17(15(2)21(3)20-14)6-7-18(24)23-8-4-5-16(13-23)19(25)22-9-11-26-12-10-22/h16H,4-13H2,1-3H3/t16-/m0/s1. The minimum atomic E-state index is -0.0623. The molecule has 1 aromatic heterocycles. The van der Waals surface area contributed by atoms with E-state index in [4.69, 9.17) is 4.74 Å². The second-order valence-corrected chi connectivity index (χ2v) is 7.39. The second-order valence-electron chi connectivity index (χ2n) is 7.39. The van der Waals surface area contributed by atoms with E-state index in [9.17, 15) is 9.59 Å². The third kappa shape index (κ3) is 4.09. The summed E-state index contributed by atoms with van der Waals surface area (Å²) in [4.78, 5) is 29.2. The maximum Gasteiger partial charge on any atom is 0.227 e. The topological polar surface area (TPSA) is 67.7 Å². The van der Waals surface area contributed by atoms with Gasteiger partial charge < -0.3 is 14.5 Å². The molecule has 1 aromatic rings. The number of piperidine rings is 1. The van der Waals surface area contributed by atoms with Gasteiger partial charge >= 0.3 is 0 Å². The molecule has 3 rings (SSSR count). The Morgan fingerprint density at radius 3 is 2.54 bits per heavy atom. The molecule has 3 heterocycles. The molecule has 0 bridgehead atoms. The van der Waals surface area contributed by atoms with Crippen molar-refractivity contribution >= 4 is 11.8 Å². The quantitative estimate of drug-likeness (QED) is 0.803. The van der Waals surface area contributed by atoms with Gasteiger partial charge in [0.2, 0.25) is 11.8 Å². The first-order valence-corrected chi connectivity index (χ1v) is 9.60. The molecule has 0 radical (unpaired) electrons. The number of aromatic nitrogens is 2. The highest BCUT2D eigenvalue weighted by Crippen LogP contribution is 2.21. The Bertz CT molecular complexity index is 664. The molecule has 0 N–H and O–H groups in total. The van der Waals surface area contributed by atoms with E-state index in [1.807, 2.05) is 35.4 Å². The van der Waals surface area contributed by atoms with Crippen LogP contribution < -0.4 is 0 Å². The Hall–Kier alpha value is -1.89. The zero-order valence-corrected chi connectivity index (χ0v) is 16.2. The minimum absolute atomic E-state index is 0.0623. The Labute approximate surface area is 155 Å². The number of ether oxygens (including phenoxy) is 1. The molecule has 0 saturated carbocycles. The van der Waals surface area contributed by atoms with Crippen molar-refractivity contribution in [1.82, 2.24) is 19.6 Å². The maximum atomic E-state index is 12.7. The van der Waals surface area contributed by atoms with Crippen molar-refractivity contribution in [3.63, 3.8) is 0 Å². The number of rotatable bonds is 4. The number of hydrogen-bond acceptors (Lipinski definition) is 4. The lowest BCUT2D eigenvalue weighted by Gasteiger charge is -2.36. The Morgan fingerprint density at radius 1 is 1.15 bits per heavy atom. The number of hydrogen-bond donors (Lipinski definition) is 0. The molecule has 2 saturated heterocycles. The summed E-state index contributed by atoms with van der Waals surface area (Å²) in [5.41, 5.74) is 3.28. The average molecular weight is 362 g/mol. The molecular formula is C19H30N4O3. The van der Waals surface area contributed by atoms with Crippen LogP contribution in [0.3, 0.4) is 0 Å². The van der Waals surface area contributed by atoms with Crippen LogP contribution in [0.4, 0.5) is 0 Å². The van der Waals surface area contributed by atoms with Gasteiger partial charge in [0.05, 0.1) is 24.8 Å². The molecule has 1 atom stereocenters. The van der Waals surface area contributed by atoms with E-state index in [-0.39, 0.29) is 17.7 Å². The fraction of sp³-hybridized carbons (Fsp3) is 0.737. The summed E-state index contributed by atoms with van der Waals surface area (Å²) in [6.45, 7) is 7.92.